The Labute approximate surface area is 87.5 Å². The topological polar surface area (TPSA) is 39.1 Å². The van der Waals surface area contributed by atoms with Gasteiger partial charge in [-0.1, -0.05) is 0 Å². The molecule has 4 nitrogen and oxygen atoms in total. The minimum Gasteiger partial charge on any atom is -0.497 e. The summed E-state index contributed by atoms with van der Waals surface area (Å²) in [5.74, 6) is 0.858. The van der Waals surface area contributed by atoms with Crippen LogP contribution in [0.2, 0.25) is 0 Å². The zero-order valence-electron chi connectivity index (χ0n) is 8.40. The maximum absolute atomic E-state index is 5.21. The van der Waals surface area contributed by atoms with Gasteiger partial charge in [0.1, 0.15) is 5.75 Å². The molecule has 1 aromatic heterocycles. The molecule has 2 aromatic rings. The van der Waals surface area contributed by atoms with E-state index in [0.717, 1.165) is 29.4 Å². The second-order valence-electron chi connectivity index (χ2n) is 3.49. The lowest BCUT2D eigenvalue weighted by molar-refractivity contribution is 0.414. The first-order valence-electron chi connectivity index (χ1n) is 4.82. The first-order valence-corrected chi connectivity index (χ1v) is 4.82. The fourth-order valence-corrected chi connectivity index (χ4v) is 1.84. The van der Waals surface area contributed by atoms with Gasteiger partial charge in [0, 0.05) is 6.07 Å². The Morgan fingerprint density at radius 3 is 3.27 bits per heavy atom. The van der Waals surface area contributed by atoms with Crippen molar-refractivity contribution in [1.82, 2.24) is 9.55 Å². The standard InChI is InChI=1S/C11H11N3O/c1-15-9-2-3-10-11(4-9)14-7-12-5-8(14)6-13-10/h2-5,7,13H,6H2,1H3. The molecule has 1 aromatic carbocycles. The molecule has 1 aliphatic rings. The second kappa shape index (κ2) is 3.02. The van der Waals surface area contributed by atoms with Crippen LogP contribution < -0.4 is 10.1 Å². The summed E-state index contributed by atoms with van der Waals surface area (Å²) < 4.78 is 7.29. The van der Waals surface area contributed by atoms with Crippen LogP contribution in [0.5, 0.6) is 5.75 Å². The van der Waals surface area contributed by atoms with Crippen molar-refractivity contribution in [1.29, 1.82) is 0 Å². The Balaban J connectivity index is 2.21. The molecule has 0 saturated heterocycles. The summed E-state index contributed by atoms with van der Waals surface area (Å²) in [4.78, 5) is 4.14. The lowest BCUT2D eigenvalue weighted by atomic mass is 10.2. The van der Waals surface area contributed by atoms with E-state index < -0.39 is 0 Å². The number of ether oxygens (including phenoxy) is 1. The Hall–Kier alpha value is -1.97. The molecule has 0 amide bonds. The van der Waals surface area contributed by atoms with Gasteiger partial charge >= 0.3 is 0 Å². The van der Waals surface area contributed by atoms with E-state index in [4.69, 9.17) is 4.74 Å². The number of nitrogens with one attached hydrogen (secondary N) is 1. The maximum atomic E-state index is 5.21. The van der Waals surface area contributed by atoms with E-state index in [-0.39, 0.29) is 0 Å². The molecule has 1 N–H and O–H groups in total. The first-order chi connectivity index (χ1) is 7.38. The first kappa shape index (κ1) is 8.35. The molecule has 3 rings (SSSR count). The molecule has 1 aliphatic heterocycles. The minimum absolute atomic E-state index is 0.819. The molecule has 15 heavy (non-hydrogen) atoms. The van der Waals surface area contributed by atoms with Gasteiger partial charge in [-0.3, -0.25) is 4.57 Å². The number of hydrogen-bond donors (Lipinski definition) is 1. The third kappa shape index (κ3) is 1.18. The number of rotatable bonds is 1. The molecule has 0 fully saturated rings. The summed E-state index contributed by atoms with van der Waals surface area (Å²) in [5, 5.41) is 3.34. The summed E-state index contributed by atoms with van der Waals surface area (Å²) in [7, 11) is 1.67. The number of methoxy groups -OCH3 is 1. The highest BCUT2D eigenvalue weighted by atomic mass is 16.5. The van der Waals surface area contributed by atoms with Crippen LogP contribution in [0.15, 0.2) is 30.7 Å². The van der Waals surface area contributed by atoms with E-state index >= 15 is 0 Å². The highest BCUT2D eigenvalue weighted by Crippen LogP contribution is 2.30. The van der Waals surface area contributed by atoms with Gasteiger partial charge < -0.3 is 10.1 Å². The van der Waals surface area contributed by atoms with Crippen molar-refractivity contribution in [3.8, 4) is 11.4 Å². The van der Waals surface area contributed by atoms with Crippen LogP contribution in [0, 0.1) is 0 Å². The molecular weight excluding hydrogens is 190 g/mol. The zero-order chi connectivity index (χ0) is 10.3. The highest BCUT2D eigenvalue weighted by Gasteiger charge is 2.15. The third-order valence-corrected chi connectivity index (χ3v) is 2.64. The molecule has 2 heterocycles. The SMILES string of the molecule is COc1ccc2c(c1)-n1cncc1CN2. The van der Waals surface area contributed by atoms with Crippen molar-refractivity contribution in [2.45, 2.75) is 6.54 Å². The van der Waals surface area contributed by atoms with Gasteiger partial charge in [-0.2, -0.15) is 0 Å². The van der Waals surface area contributed by atoms with Crippen LogP contribution in [-0.2, 0) is 6.54 Å². The predicted octanol–water partition coefficient (Wildman–Crippen LogP) is 1.81. The number of anilines is 1. The average molecular weight is 201 g/mol. The highest BCUT2D eigenvalue weighted by molar-refractivity contribution is 5.66. The Kier molecular flexibility index (Phi) is 1.68. The summed E-state index contributed by atoms with van der Waals surface area (Å²) in [6.45, 7) is 0.819. The third-order valence-electron chi connectivity index (χ3n) is 2.64. The molecule has 0 unspecified atom stereocenters. The lowest BCUT2D eigenvalue weighted by Crippen LogP contribution is -2.13. The number of benzene rings is 1. The monoisotopic (exact) mass is 201 g/mol. The molecule has 0 saturated carbocycles. The summed E-state index contributed by atoms with van der Waals surface area (Å²) in [6.07, 6.45) is 3.70. The Morgan fingerprint density at radius 2 is 2.40 bits per heavy atom. The van der Waals surface area contributed by atoms with Crippen LogP contribution in [0.1, 0.15) is 5.69 Å². The second-order valence-corrected chi connectivity index (χ2v) is 3.49. The van der Waals surface area contributed by atoms with E-state index in [1.54, 1.807) is 7.11 Å². The number of hydrogen-bond acceptors (Lipinski definition) is 3. The average Bonchev–Trinajstić information content (AvgIpc) is 2.76. The molecule has 0 aliphatic carbocycles. The summed E-state index contributed by atoms with van der Waals surface area (Å²) in [5.41, 5.74) is 3.37. The molecule has 0 radical (unpaired) electrons. The molecule has 76 valence electrons. The van der Waals surface area contributed by atoms with Gasteiger partial charge in [-0.15, -0.1) is 0 Å². The maximum Gasteiger partial charge on any atom is 0.121 e. The zero-order valence-corrected chi connectivity index (χ0v) is 8.40. The Morgan fingerprint density at radius 1 is 1.47 bits per heavy atom. The van der Waals surface area contributed by atoms with Crippen LogP contribution in [0.3, 0.4) is 0 Å². The van der Waals surface area contributed by atoms with Crippen molar-refractivity contribution >= 4 is 5.69 Å². The normalized spacial score (nSPS) is 12.6. The largest absolute Gasteiger partial charge is 0.497 e. The number of imidazole rings is 1. The molecule has 0 bridgehead atoms. The van der Waals surface area contributed by atoms with Gasteiger partial charge in [0.2, 0.25) is 0 Å². The smallest absolute Gasteiger partial charge is 0.121 e. The number of fused-ring (bicyclic) bond motifs is 3. The van der Waals surface area contributed by atoms with Gasteiger partial charge in [0.25, 0.3) is 0 Å². The fraction of sp³-hybridized carbons (Fsp3) is 0.182. The van der Waals surface area contributed by atoms with Crippen molar-refractivity contribution in [3.05, 3.63) is 36.4 Å². The molecular formula is C11H11N3O. The van der Waals surface area contributed by atoms with Crippen LogP contribution >= 0.6 is 0 Å². The lowest BCUT2D eigenvalue weighted by Gasteiger charge is -2.20. The van der Waals surface area contributed by atoms with E-state index in [1.807, 2.05) is 30.7 Å². The van der Waals surface area contributed by atoms with Gasteiger partial charge in [-0.25, -0.2) is 4.98 Å². The Bertz CT molecular complexity index is 504. The van der Waals surface area contributed by atoms with Crippen molar-refractivity contribution in [2.75, 3.05) is 12.4 Å². The van der Waals surface area contributed by atoms with E-state index in [2.05, 4.69) is 14.9 Å². The quantitative estimate of drug-likeness (QED) is 0.764. The molecule has 0 spiro atoms. The predicted molar refractivity (Wildman–Crippen MR) is 57.4 cm³/mol. The molecule has 4 heteroatoms. The van der Waals surface area contributed by atoms with Crippen LogP contribution in [0.25, 0.3) is 5.69 Å². The van der Waals surface area contributed by atoms with Gasteiger partial charge in [-0.05, 0) is 12.1 Å². The minimum atomic E-state index is 0.819. The summed E-state index contributed by atoms with van der Waals surface area (Å²) >= 11 is 0. The van der Waals surface area contributed by atoms with Crippen molar-refractivity contribution < 1.29 is 4.74 Å². The van der Waals surface area contributed by atoms with Crippen LogP contribution in [0.4, 0.5) is 5.69 Å². The van der Waals surface area contributed by atoms with Gasteiger partial charge in [0.15, 0.2) is 0 Å². The summed E-state index contributed by atoms with van der Waals surface area (Å²) in [6, 6.07) is 5.98. The van der Waals surface area contributed by atoms with Crippen LogP contribution in [-0.4, -0.2) is 16.7 Å². The fourth-order valence-electron chi connectivity index (χ4n) is 1.84. The van der Waals surface area contributed by atoms with Crippen molar-refractivity contribution in [2.24, 2.45) is 0 Å². The van der Waals surface area contributed by atoms with E-state index in [0.29, 0.717) is 0 Å². The molecule has 0 atom stereocenters. The van der Waals surface area contributed by atoms with Gasteiger partial charge in [0.05, 0.1) is 43.2 Å². The van der Waals surface area contributed by atoms with Crippen molar-refractivity contribution in [3.63, 3.8) is 0 Å². The van der Waals surface area contributed by atoms with E-state index in [1.165, 1.54) is 0 Å². The van der Waals surface area contributed by atoms with E-state index in [9.17, 15) is 0 Å². The number of nitrogens with zero attached hydrogens (tertiary/aromatic N) is 2. The number of aromatic nitrogens is 2.